The van der Waals surface area contributed by atoms with E-state index in [2.05, 4.69) is 187 Å². The Balaban J connectivity index is 1.06. The van der Waals surface area contributed by atoms with Gasteiger partial charge in [-0.15, -0.1) is 0 Å². The molecule has 8 aromatic carbocycles. The van der Waals surface area contributed by atoms with Crippen LogP contribution in [0, 0.1) is 0 Å². The molecule has 0 amide bonds. The quantitative estimate of drug-likeness (QED) is 0.174. The second-order valence-electron chi connectivity index (χ2n) is 13.5. The van der Waals surface area contributed by atoms with Gasteiger partial charge in [-0.25, -0.2) is 15.0 Å². The summed E-state index contributed by atoms with van der Waals surface area (Å²) in [5.41, 5.74) is 10.6. The van der Waals surface area contributed by atoms with Crippen LogP contribution < -0.4 is 0 Å². The lowest BCUT2D eigenvalue weighted by atomic mass is 9.97. The van der Waals surface area contributed by atoms with Crippen LogP contribution in [0.15, 0.2) is 194 Å². The van der Waals surface area contributed by atoms with E-state index >= 15 is 0 Å². The van der Waals surface area contributed by atoms with Gasteiger partial charge in [-0.1, -0.05) is 182 Å². The van der Waals surface area contributed by atoms with E-state index in [1.165, 1.54) is 32.7 Å². The van der Waals surface area contributed by atoms with Gasteiger partial charge in [0.2, 0.25) is 0 Å². The van der Waals surface area contributed by atoms with Crippen molar-refractivity contribution in [2.24, 2.45) is 0 Å². The predicted molar refractivity (Wildman–Crippen MR) is 223 cm³/mol. The number of rotatable bonds is 6. The van der Waals surface area contributed by atoms with E-state index in [-0.39, 0.29) is 0 Å². The Morgan fingerprint density at radius 3 is 1.09 bits per heavy atom. The van der Waals surface area contributed by atoms with Crippen LogP contribution in [-0.2, 0) is 0 Å². The predicted octanol–water partition coefficient (Wildman–Crippen LogP) is 12.7. The molecule has 4 heteroatoms. The maximum atomic E-state index is 5.07. The summed E-state index contributed by atoms with van der Waals surface area (Å²) in [5, 5.41) is 6.02. The smallest absolute Gasteiger partial charge is 0.164 e. The number of fused-ring (bicyclic) bond motifs is 3. The second-order valence-corrected chi connectivity index (χ2v) is 13.5. The lowest BCUT2D eigenvalue weighted by Gasteiger charge is -2.11. The van der Waals surface area contributed by atoms with Crippen LogP contribution in [0.1, 0.15) is 0 Å². The summed E-state index contributed by atoms with van der Waals surface area (Å²) in [6, 6.07) is 65.8. The van der Waals surface area contributed by atoms with Gasteiger partial charge in [0.05, 0.1) is 5.52 Å². The highest BCUT2D eigenvalue weighted by Gasteiger charge is 2.15. The van der Waals surface area contributed by atoms with Crippen LogP contribution in [0.4, 0.5) is 0 Å². The highest BCUT2D eigenvalue weighted by atomic mass is 15.0. The normalized spacial score (nSPS) is 11.3. The van der Waals surface area contributed by atoms with Gasteiger partial charge < -0.3 is 0 Å². The SMILES string of the molecule is c1ccc2c(-c3ccc(-c4nc(-c5ccc(-c6cccc7ccccc67)cc5)nc(-c5ccc(-c6cccc7cccnc67)cc5)n4)cc3)cccc2c1. The zero-order chi connectivity index (χ0) is 35.8. The lowest BCUT2D eigenvalue weighted by Crippen LogP contribution is -2.00. The minimum atomic E-state index is 0.619. The topological polar surface area (TPSA) is 51.6 Å². The highest BCUT2D eigenvalue weighted by molar-refractivity contribution is 5.98. The van der Waals surface area contributed by atoms with Crippen molar-refractivity contribution in [1.82, 2.24) is 19.9 Å². The molecule has 0 spiro atoms. The first-order valence-corrected chi connectivity index (χ1v) is 18.1. The zero-order valence-electron chi connectivity index (χ0n) is 29.3. The van der Waals surface area contributed by atoms with Gasteiger partial charge in [0.15, 0.2) is 17.5 Å². The van der Waals surface area contributed by atoms with Gasteiger partial charge in [0.25, 0.3) is 0 Å². The van der Waals surface area contributed by atoms with Crippen molar-refractivity contribution < 1.29 is 0 Å². The van der Waals surface area contributed by atoms with Crippen molar-refractivity contribution in [3.63, 3.8) is 0 Å². The maximum Gasteiger partial charge on any atom is 0.164 e. The fourth-order valence-corrected chi connectivity index (χ4v) is 7.45. The first kappa shape index (κ1) is 31.4. The Morgan fingerprint density at radius 1 is 0.259 bits per heavy atom. The van der Waals surface area contributed by atoms with Gasteiger partial charge in [-0.3, -0.25) is 4.98 Å². The summed E-state index contributed by atoms with van der Waals surface area (Å²) in [6.45, 7) is 0. The molecule has 0 aliphatic carbocycles. The molecule has 54 heavy (non-hydrogen) atoms. The van der Waals surface area contributed by atoms with Crippen molar-refractivity contribution in [1.29, 1.82) is 0 Å². The van der Waals surface area contributed by atoms with Crippen LogP contribution in [0.2, 0.25) is 0 Å². The van der Waals surface area contributed by atoms with Gasteiger partial charge >= 0.3 is 0 Å². The first-order chi connectivity index (χ1) is 26.7. The van der Waals surface area contributed by atoms with E-state index in [0.29, 0.717) is 17.5 Å². The van der Waals surface area contributed by atoms with Gasteiger partial charge in [0, 0.05) is 33.8 Å². The number of para-hydroxylation sites is 1. The minimum absolute atomic E-state index is 0.619. The van der Waals surface area contributed by atoms with E-state index < -0.39 is 0 Å². The highest BCUT2D eigenvalue weighted by Crippen LogP contribution is 2.34. The molecule has 0 aliphatic heterocycles. The number of benzene rings is 8. The van der Waals surface area contributed by atoms with Gasteiger partial charge in [-0.05, 0) is 55.4 Å². The second kappa shape index (κ2) is 13.4. The lowest BCUT2D eigenvalue weighted by molar-refractivity contribution is 1.07. The van der Waals surface area contributed by atoms with E-state index in [1.54, 1.807) is 0 Å². The Kier molecular flexibility index (Phi) is 7.77. The number of pyridine rings is 1. The monoisotopic (exact) mass is 688 g/mol. The van der Waals surface area contributed by atoms with Crippen LogP contribution in [0.3, 0.4) is 0 Å². The maximum absolute atomic E-state index is 5.07. The molecule has 10 aromatic rings. The molecule has 0 unspecified atom stereocenters. The molecule has 2 aromatic heterocycles. The third-order valence-electron chi connectivity index (χ3n) is 10.2. The molecule has 0 atom stereocenters. The molecule has 10 rings (SSSR count). The van der Waals surface area contributed by atoms with Crippen molar-refractivity contribution in [3.05, 3.63) is 194 Å². The fourth-order valence-electron chi connectivity index (χ4n) is 7.45. The Labute approximate surface area is 313 Å². The van der Waals surface area contributed by atoms with Crippen LogP contribution >= 0.6 is 0 Å². The molecule has 0 saturated carbocycles. The average molecular weight is 689 g/mol. The minimum Gasteiger partial charge on any atom is -0.256 e. The number of aromatic nitrogens is 4. The first-order valence-electron chi connectivity index (χ1n) is 18.1. The molecular weight excluding hydrogens is 657 g/mol. The molecule has 0 N–H and O–H groups in total. The summed E-state index contributed by atoms with van der Waals surface area (Å²) >= 11 is 0. The third-order valence-corrected chi connectivity index (χ3v) is 10.2. The molecule has 252 valence electrons. The van der Waals surface area contributed by atoms with Crippen LogP contribution in [0.25, 0.3) is 100.0 Å². The van der Waals surface area contributed by atoms with Crippen LogP contribution in [0.5, 0.6) is 0 Å². The molecule has 0 bridgehead atoms. The Bertz CT molecular complexity index is 2620. The fraction of sp³-hybridized carbons (Fsp3) is 0. The summed E-state index contributed by atoms with van der Waals surface area (Å²) in [4.78, 5) is 19.9. The van der Waals surface area contributed by atoms with E-state index in [4.69, 9.17) is 15.0 Å². The van der Waals surface area contributed by atoms with Crippen molar-refractivity contribution in [2.75, 3.05) is 0 Å². The van der Waals surface area contributed by atoms with Crippen LogP contribution in [-0.4, -0.2) is 19.9 Å². The molecule has 0 fully saturated rings. The molecule has 2 heterocycles. The number of hydrogen-bond acceptors (Lipinski definition) is 4. The summed E-state index contributed by atoms with van der Waals surface area (Å²) in [6.07, 6.45) is 1.84. The third kappa shape index (κ3) is 5.76. The van der Waals surface area contributed by atoms with Crippen molar-refractivity contribution >= 4 is 32.4 Å². The van der Waals surface area contributed by atoms with Crippen molar-refractivity contribution in [3.8, 4) is 67.5 Å². The average Bonchev–Trinajstić information content (AvgIpc) is 3.26. The standard InChI is InChI=1S/C50H32N4/c1-3-15-42-33(9-1)11-5-17-44(42)35-20-26-39(27-21-35)48-52-49(40-28-22-36(23-29-40)45-18-6-12-34-10-2-4-16-43(34)45)54-50(53-48)41-30-24-37(25-31-41)46-19-7-13-38-14-8-32-51-47(38)46/h1-32H. The molecule has 4 nitrogen and oxygen atoms in total. The molecule has 0 radical (unpaired) electrons. The van der Waals surface area contributed by atoms with Crippen molar-refractivity contribution in [2.45, 2.75) is 0 Å². The molecule has 0 saturated heterocycles. The number of nitrogens with zero attached hydrogens (tertiary/aromatic N) is 4. The summed E-state index contributed by atoms with van der Waals surface area (Å²) < 4.78 is 0. The summed E-state index contributed by atoms with van der Waals surface area (Å²) in [7, 11) is 0. The zero-order valence-corrected chi connectivity index (χ0v) is 29.3. The van der Waals surface area contributed by atoms with E-state index in [0.717, 1.165) is 49.8 Å². The van der Waals surface area contributed by atoms with E-state index in [9.17, 15) is 0 Å². The Hall–Kier alpha value is -7.30. The molecular formula is C50H32N4. The number of hydrogen-bond donors (Lipinski definition) is 0. The largest absolute Gasteiger partial charge is 0.256 e. The molecule has 0 aliphatic rings. The van der Waals surface area contributed by atoms with Gasteiger partial charge in [-0.2, -0.15) is 0 Å². The Morgan fingerprint density at radius 2 is 0.611 bits per heavy atom. The van der Waals surface area contributed by atoms with E-state index in [1.807, 2.05) is 12.3 Å². The summed E-state index contributed by atoms with van der Waals surface area (Å²) in [5.74, 6) is 1.87. The van der Waals surface area contributed by atoms with Gasteiger partial charge in [0.1, 0.15) is 0 Å².